The molecule has 1 fully saturated rings. The Kier molecular flexibility index (Phi) is 5.73. The number of nitrogens with two attached hydrogens (primary N) is 1. The summed E-state index contributed by atoms with van der Waals surface area (Å²) >= 11 is 0. The third-order valence-corrected chi connectivity index (χ3v) is 4.26. The SMILES string of the molecule is CN(C(C=N)=C(N)C(=O)Nc1ccc(F)cc1)C1CCCCC1. The molecule has 0 aliphatic heterocycles. The van der Waals surface area contributed by atoms with E-state index in [4.69, 9.17) is 11.1 Å². The van der Waals surface area contributed by atoms with Gasteiger partial charge in [-0.25, -0.2) is 4.39 Å². The van der Waals surface area contributed by atoms with Gasteiger partial charge in [0, 0.05) is 25.0 Å². The molecule has 0 spiro atoms. The Morgan fingerprint density at radius 3 is 2.48 bits per heavy atom. The van der Waals surface area contributed by atoms with Crippen LogP contribution >= 0.6 is 0 Å². The largest absolute Gasteiger partial charge is 0.393 e. The quantitative estimate of drug-likeness (QED) is 0.577. The molecular formula is C17H23FN4O. The number of halogens is 1. The highest BCUT2D eigenvalue weighted by atomic mass is 19.1. The first-order valence-electron chi connectivity index (χ1n) is 7.83. The third-order valence-electron chi connectivity index (χ3n) is 4.26. The number of nitrogens with zero attached hydrogens (tertiary/aromatic N) is 1. The average molecular weight is 318 g/mol. The zero-order valence-corrected chi connectivity index (χ0v) is 13.3. The lowest BCUT2D eigenvalue weighted by atomic mass is 9.94. The predicted octanol–water partition coefficient (Wildman–Crippen LogP) is 2.85. The molecule has 2 rings (SSSR count). The van der Waals surface area contributed by atoms with Gasteiger partial charge in [-0.2, -0.15) is 0 Å². The van der Waals surface area contributed by atoms with E-state index in [2.05, 4.69) is 5.32 Å². The molecule has 0 atom stereocenters. The van der Waals surface area contributed by atoms with E-state index in [9.17, 15) is 9.18 Å². The van der Waals surface area contributed by atoms with Crippen LogP contribution in [0.25, 0.3) is 0 Å². The highest BCUT2D eigenvalue weighted by Gasteiger charge is 2.22. The van der Waals surface area contributed by atoms with E-state index in [0.29, 0.717) is 17.4 Å². The van der Waals surface area contributed by atoms with Crippen molar-refractivity contribution in [1.29, 1.82) is 5.41 Å². The van der Waals surface area contributed by atoms with Crippen molar-refractivity contribution in [2.45, 2.75) is 38.1 Å². The van der Waals surface area contributed by atoms with Crippen molar-refractivity contribution in [3.8, 4) is 0 Å². The summed E-state index contributed by atoms with van der Waals surface area (Å²) in [6.45, 7) is 0. The van der Waals surface area contributed by atoms with Crippen molar-refractivity contribution in [3.63, 3.8) is 0 Å². The molecular weight excluding hydrogens is 295 g/mol. The Bertz CT molecular complexity index is 591. The van der Waals surface area contributed by atoms with Gasteiger partial charge >= 0.3 is 0 Å². The van der Waals surface area contributed by atoms with Crippen molar-refractivity contribution < 1.29 is 9.18 Å². The molecule has 0 bridgehead atoms. The monoisotopic (exact) mass is 318 g/mol. The Morgan fingerprint density at radius 2 is 1.91 bits per heavy atom. The fraction of sp³-hybridized carbons (Fsp3) is 0.412. The van der Waals surface area contributed by atoms with Crippen molar-refractivity contribution in [3.05, 3.63) is 41.5 Å². The second kappa shape index (κ2) is 7.76. The Balaban J connectivity index is 2.12. The summed E-state index contributed by atoms with van der Waals surface area (Å²) in [5, 5.41) is 10.2. The summed E-state index contributed by atoms with van der Waals surface area (Å²) in [5.41, 5.74) is 6.83. The van der Waals surface area contributed by atoms with Crippen molar-refractivity contribution in [2.75, 3.05) is 12.4 Å². The standard InChI is InChI=1S/C17H23FN4O/c1-22(14-5-3-2-4-6-14)15(11-19)16(20)17(23)21-13-9-7-12(18)8-10-13/h7-11,14,19H,2-6,20H2,1H3,(H,21,23). The van der Waals surface area contributed by atoms with E-state index in [0.717, 1.165) is 31.9 Å². The average Bonchev–Trinajstić information content (AvgIpc) is 2.58. The number of hydrogen-bond acceptors (Lipinski definition) is 4. The van der Waals surface area contributed by atoms with Crippen LogP contribution in [0, 0.1) is 11.2 Å². The molecule has 0 aromatic heterocycles. The molecule has 6 heteroatoms. The summed E-state index contributed by atoms with van der Waals surface area (Å²) in [6.07, 6.45) is 6.74. The van der Waals surface area contributed by atoms with Gasteiger partial charge in [0.15, 0.2) is 0 Å². The van der Waals surface area contributed by atoms with Gasteiger partial charge in [0.05, 0.1) is 5.70 Å². The highest BCUT2D eigenvalue weighted by Crippen LogP contribution is 2.24. The molecule has 1 aliphatic carbocycles. The number of anilines is 1. The van der Waals surface area contributed by atoms with Crippen LogP contribution in [0.4, 0.5) is 10.1 Å². The van der Waals surface area contributed by atoms with E-state index < -0.39 is 5.91 Å². The number of amides is 1. The summed E-state index contributed by atoms with van der Waals surface area (Å²) in [7, 11) is 1.87. The van der Waals surface area contributed by atoms with Gasteiger partial charge < -0.3 is 21.4 Å². The maximum atomic E-state index is 12.9. The zero-order valence-electron chi connectivity index (χ0n) is 13.3. The number of allylic oxidation sites excluding steroid dienone is 1. The molecule has 1 saturated carbocycles. The summed E-state index contributed by atoms with van der Waals surface area (Å²) in [4.78, 5) is 14.2. The van der Waals surface area contributed by atoms with Gasteiger partial charge in [-0.15, -0.1) is 0 Å². The van der Waals surface area contributed by atoms with Crippen LogP contribution in [0.5, 0.6) is 0 Å². The van der Waals surface area contributed by atoms with E-state index in [1.807, 2.05) is 11.9 Å². The van der Waals surface area contributed by atoms with Gasteiger partial charge in [0.1, 0.15) is 11.5 Å². The van der Waals surface area contributed by atoms with Crippen molar-refractivity contribution in [2.24, 2.45) is 5.73 Å². The van der Waals surface area contributed by atoms with E-state index >= 15 is 0 Å². The minimum atomic E-state index is -0.488. The van der Waals surface area contributed by atoms with Gasteiger partial charge in [-0.05, 0) is 37.1 Å². The van der Waals surface area contributed by atoms with Crippen LogP contribution in [0.1, 0.15) is 32.1 Å². The molecule has 4 N–H and O–H groups in total. The molecule has 124 valence electrons. The molecule has 0 heterocycles. The normalized spacial score (nSPS) is 16.4. The number of benzene rings is 1. The van der Waals surface area contributed by atoms with Crippen LogP contribution in [0.15, 0.2) is 35.7 Å². The van der Waals surface area contributed by atoms with Crippen LogP contribution in [-0.2, 0) is 4.79 Å². The number of carbonyl (C=O) groups excluding carboxylic acids is 1. The number of carbonyl (C=O) groups is 1. The van der Waals surface area contributed by atoms with Crippen LogP contribution in [0.2, 0.25) is 0 Å². The number of nitrogens with one attached hydrogen (secondary N) is 2. The third kappa shape index (κ3) is 4.31. The molecule has 1 aromatic carbocycles. The first-order valence-corrected chi connectivity index (χ1v) is 7.83. The first-order chi connectivity index (χ1) is 11.0. The predicted molar refractivity (Wildman–Crippen MR) is 89.7 cm³/mol. The molecule has 5 nitrogen and oxygen atoms in total. The molecule has 1 amide bonds. The summed E-state index contributed by atoms with van der Waals surface area (Å²) in [6, 6.07) is 5.77. The minimum absolute atomic E-state index is 0.00241. The van der Waals surface area contributed by atoms with Gasteiger partial charge in [0.2, 0.25) is 0 Å². The zero-order chi connectivity index (χ0) is 16.8. The van der Waals surface area contributed by atoms with Crippen LogP contribution in [0.3, 0.4) is 0 Å². The van der Waals surface area contributed by atoms with Crippen LogP contribution < -0.4 is 11.1 Å². The minimum Gasteiger partial charge on any atom is -0.393 e. The lowest BCUT2D eigenvalue weighted by Gasteiger charge is -2.33. The summed E-state index contributed by atoms with van der Waals surface area (Å²) < 4.78 is 12.9. The maximum absolute atomic E-state index is 12.9. The molecule has 23 heavy (non-hydrogen) atoms. The Hall–Kier alpha value is -2.37. The van der Waals surface area contributed by atoms with Gasteiger partial charge in [0.25, 0.3) is 5.91 Å². The Morgan fingerprint density at radius 1 is 1.30 bits per heavy atom. The van der Waals surface area contributed by atoms with Gasteiger partial charge in [-0.1, -0.05) is 19.3 Å². The first kappa shape index (κ1) is 17.0. The second-order valence-corrected chi connectivity index (χ2v) is 5.81. The Labute approximate surface area is 135 Å². The molecule has 0 unspecified atom stereocenters. The van der Waals surface area contributed by atoms with Crippen molar-refractivity contribution >= 4 is 17.8 Å². The maximum Gasteiger partial charge on any atom is 0.273 e. The molecule has 0 saturated heterocycles. The van der Waals surface area contributed by atoms with E-state index in [1.54, 1.807) is 0 Å². The topological polar surface area (TPSA) is 82.2 Å². The lowest BCUT2D eigenvalue weighted by molar-refractivity contribution is -0.113. The van der Waals surface area contributed by atoms with Crippen LogP contribution in [-0.4, -0.2) is 30.1 Å². The van der Waals surface area contributed by atoms with Crippen molar-refractivity contribution in [1.82, 2.24) is 4.90 Å². The highest BCUT2D eigenvalue weighted by molar-refractivity contribution is 6.06. The molecule has 1 aromatic rings. The summed E-state index contributed by atoms with van der Waals surface area (Å²) in [5.74, 6) is -0.860. The number of rotatable bonds is 5. The lowest BCUT2D eigenvalue weighted by Crippen LogP contribution is -2.37. The van der Waals surface area contributed by atoms with E-state index in [1.165, 1.54) is 30.7 Å². The fourth-order valence-corrected chi connectivity index (χ4v) is 2.88. The molecule has 0 radical (unpaired) electrons. The van der Waals surface area contributed by atoms with Gasteiger partial charge in [-0.3, -0.25) is 4.79 Å². The smallest absolute Gasteiger partial charge is 0.273 e. The fourth-order valence-electron chi connectivity index (χ4n) is 2.88. The molecule has 1 aliphatic rings. The number of hydrogen-bond donors (Lipinski definition) is 3. The van der Waals surface area contributed by atoms with E-state index in [-0.39, 0.29) is 11.5 Å². The second-order valence-electron chi connectivity index (χ2n) is 5.81.